The molecule has 0 saturated heterocycles. The second kappa shape index (κ2) is 11.2. The standard InChI is InChI=1S/C22H18N.C8H17.Al.H/c1-22(23,20-14-6-10-16-8-2-4-12-18(16)20)21-15-7-11-17-9-3-5-13-19(17)21;1-3-5-7-8-6-4-2;;/h2-15,23H,1H3;1,3-8H2,2H3;;/q-1;;+1;. The summed E-state index contributed by atoms with van der Waals surface area (Å²) in [5.74, 6) is 0. The van der Waals surface area contributed by atoms with Crippen LogP contribution in [0, 0.1) is 0 Å². The number of benzene rings is 4. The van der Waals surface area contributed by atoms with E-state index in [1.807, 2.05) is 0 Å². The molecule has 0 spiro atoms. The molecule has 0 aliphatic rings. The van der Waals surface area contributed by atoms with Crippen LogP contribution in [0.25, 0.3) is 21.5 Å². The van der Waals surface area contributed by atoms with Crippen molar-refractivity contribution in [3.8, 4) is 0 Å². The molecule has 0 amide bonds. The predicted octanol–water partition coefficient (Wildman–Crippen LogP) is 7.98. The Hall–Kier alpha value is -2.11. The summed E-state index contributed by atoms with van der Waals surface area (Å²) in [7, 11) is 0. The van der Waals surface area contributed by atoms with Crippen molar-refractivity contribution in [2.45, 2.75) is 63.2 Å². The second-order valence-electron chi connectivity index (χ2n) is 9.23. The highest BCUT2D eigenvalue weighted by molar-refractivity contribution is 6.32. The van der Waals surface area contributed by atoms with E-state index < -0.39 is 15.4 Å². The van der Waals surface area contributed by atoms with E-state index in [0.29, 0.717) is 0 Å². The lowest BCUT2D eigenvalue weighted by atomic mass is 9.80. The van der Waals surface area contributed by atoms with Gasteiger partial charge in [-0.05, 0) is 39.6 Å². The van der Waals surface area contributed by atoms with Gasteiger partial charge in [0.1, 0.15) is 0 Å². The molecule has 0 unspecified atom stereocenters. The van der Waals surface area contributed by atoms with Crippen LogP contribution in [-0.2, 0) is 5.54 Å². The summed E-state index contributed by atoms with van der Waals surface area (Å²) in [6.07, 6.45) is 8.25. The maximum Gasteiger partial charge on any atom is 0.345 e. The number of nitrogens with one attached hydrogen (secondary N) is 1. The molecule has 4 aromatic carbocycles. The van der Waals surface area contributed by atoms with Gasteiger partial charge in [-0.15, -0.1) is 0 Å². The molecule has 0 aromatic heterocycles. The third kappa shape index (κ3) is 5.10. The number of hydrogen-bond donors (Lipinski definition) is 1. The molecular formula is C30H36AlN. The zero-order valence-electron chi connectivity index (χ0n) is 19.7. The SMILES string of the molecule is CCCCCCC[CH2][AlH][NH]C(C)(c1cccc2ccccc12)c1cccc2ccccc12. The molecule has 0 radical (unpaired) electrons. The molecule has 1 N–H and O–H groups in total. The first-order chi connectivity index (χ1) is 15.7. The quantitative estimate of drug-likeness (QED) is 0.185. The van der Waals surface area contributed by atoms with E-state index >= 15 is 0 Å². The van der Waals surface area contributed by atoms with Gasteiger partial charge in [0.15, 0.2) is 0 Å². The van der Waals surface area contributed by atoms with Gasteiger partial charge in [-0.25, -0.2) is 0 Å². The smallest absolute Gasteiger partial charge is 0.345 e. The zero-order chi connectivity index (χ0) is 22.2. The van der Waals surface area contributed by atoms with Crippen LogP contribution in [0.1, 0.15) is 63.5 Å². The summed E-state index contributed by atoms with van der Waals surface area (Å²) in [6.45, 7) is 4.70. The lowest BCUT2D eigenvalue weighted by Crippen LogP contribution is -2.43. The van der Waals surface area contributed by atoms with Crippen LogP contribution in [0.5, 0.6) is 0 Å². The average Bonchev–Trinajstić information content (AvgIpc) is 2.85. The zero-order valence-corrected chi connectivity index (χ0v) is 21.2. The van der Waals surface area contributed by atoms with Gasteiger partial charge in [-0.1, -0.05) is 136 Å². The van der Waals surface area contributed by atoms with Crippen molar-refractivity contribution in [3.63, 3.8) is 0 Å². The minimum atomic E-state index is -0.403. The summed E-state index contributed by atoms with van der Waals surface area (Å²) in [5, 5.41) is 6.70. The van der Waals surface area contributed by atoms with E-state index in [4.69, 9.17) is 0 Å². The van der Waals surface area contributed by atoms with Gasteiger partial charge in [-0.2, -0.15) is 0 Å². The summed E-state index contributed by atoms with van der Waals surface area (Å²) in [5.41, 5.74) is 2.58. The Balaban J connectivity index is 1.66. The fourth-order valence-electron chi connectivity index (χ4n) is 5.08. The van der Waals surface area contributed by atoms with E-state index in [-0.39, 0.29) is 5.54 Å². The van der Waals surface area contributed by atoms with Crippen LogP contribution in [0.2, 0.25) is 5.28 Å². The van der Waals surface area contributed by atoms with Gasteiger partial charge in [0.25, 0.3) is 0 Å². The van der Waals surface area contributed by atoms with Gasteiger partial charge in [0.2, 0.25) is 0 Å². The fourth-order valence-corrected chi connectivity index (χ4v) is 6.74. The fraction of sp³-hybridized carbons (Fsp3) is 0.333. The number of rotatable bonds is 11. The van der Waals surface area contributed by atoms with Crippen LogP contribution in [0.4, 0.5) is 0 Å². The molecule has 4 rings (SSSR count). The molecule has 4 aromatic rings. The Morgan fingerprint density at radius 2 is 1.12 bits per heavy atom. The van der Waals surface area contributed by atoms with Crippen molar-refractivity contribution < 1.29 is 0 Å². The molecule has 0 fully saturated rings. The Morgan fingerprint density at radius 3 is 1.72 bits per heavy atom. The average molecular weight is 438 g/mol. The van der Waals surface area contributed by atoms with Crippen molar-refractivity contribution in [1.29, 1.82) is 0 Å². The van der Waals surface area contributed by atoms with Gasteiger partial charge in [0.05, 0.1) is 0 Å². The molecule has 0 saturated carbocycles. The molecule has 0 aliphatic carbocycles. The third-order valence-electron chi connectivity index (χ3n) is 6.92. The highest BCUT2D eigenvalue weighted by Gasteiger charge is 2.31. The van der Waals surface area contributed by atoms with Crippen LogP contribution in [0.3, 0.4) is 0 Å². The Bertz CT molecular complexity index is 1060. The minimum Gasteiger partial charge on any atom is -0.389 e. The Labute approximate surface area is 200 Å². The predicted molar refractivity (Wildman–Crippen MR) is 143 cm³/mol. The van der Waals surface area contributed by atoms with Crippen LogP contribution in [-0.4, -0.2) is 15.4 Å². The molecule has 2 heteroatoms. The lowest BCUT2D eigenvalue weighted by Gasteiger charge is -2.35. The second-order valence-corrected chi connectivity index (χ2v) is 10.8. The van der Waals surface area contributed by atoms with E-state index in [2.05, 4.69) is 103 Å². The topological polar surface area (TPSA) is 12.0 Å². The van der Waals surface area contributed by atoms with Gasteiger partial charge < -0.3 is 4.30 Å². The number of unbranched alkanes of at least 4 members (excludes halogenated alkanes) is 5. The van der Waals surface area contributed by atoms with Crippen molar-refractivity contribution >= 4 is 37.0 Å². The number of hydrogen-bond acceptors (Lipinski definition) is 1. The molecule has 1 nitrogen and oxygen atoms in total. The lowest BCUT2D eigenvalue weighted by molar-refractivity contribution is 0.548. The van der Waals surface area contributed by atoms with Gasteiger partial charge in [0, 0.05) is 5.54 Å². The highest BCUT2D eigenvalue weighted by atomic mass is 27.1. The van der Waals surface area contributed by atoms with Crippen LogP contribution < -0.4 is 4.30 Å². The van der Waals surface area contributed by atoms with Crippen LogP contribution >= 0.6 is 0 Å². The summed E-state index contributed by atoms with van der Waals surface area (Å²) in [4.78, 5) is 0. The summed E-state index contributed by atoms with van der Waals surface area (Å²) < 4.78 is 4.15. The molecule has 0 heterocycles. The first-order valence-corrected chi connectivity index (χ1v) is 14.2. The van der Waals surface area contributed by atoms with Gasteiger partial charge in [-0.3, -0.25) is 0 Å². The Morgan fingerprint density at radius 1 is 0.625 bits per heavy atom. The summed E-state index contributed by atoms with van der Waals surface area (Å²) in [6, 6.07) is 31.2. The van der Waals surface area contributed by atoms with Crippen molar-refractivity contribution in [2.24, 2.45) is 0 Å². The Kier molecular flexibility index (Phi) is 8.04. The van der Waals surface area contributed by atoms with E-state index in [1.54, 1.807) is 0 Å². The van der Waals surface area contributed by atoms with Gasteiger partial charge >= 0.3 is 15.4 Å². The molecule has 0 aliphatic heterocycles. The van der Waals surface area contributed by atoms with Crippen molar-refractivity contribution in [3.05, 3.63) is 96.1 Å². The van der Waals surface area contributed by atoms with E-state index in [0.717, 1.165) is 0 Å². The molecule has 0 bridgehead atoms. The maximum absolute atomic E-state index is 4.15. The molecule has 0 atom stereocenters. The largest absolute Gasteiger partial charge is 0.389 e. The van der Waals surface area contributed by atoms with Crippen molar-refractivity contribution in [2.75, 3.05) is 0 Å². The van der Waals surface area contributed by atoms with E-state index in [9.17, 15) is 0 Å². The maximum atomic E-state index is 4.15. The van der Waals surface area contributed by atoms with E-state index in [1.165, 1.54) is 76.5 Å². The molecule has 32 heavy (non-hydrogen) atoms. The van der Waals surface area contributed by atoms with Crippen molar-refractivity contribution in [1.82, 2.24) is 4.30 Å². The van der Waals surface area contributed by atoms with Crippen LogP contribution in [0.15, 0.2) is 84.9 Å². The first-order valence-electron chi connectivity index (χ1n) is 12.5. The highest BCUT2D eigenvalue weighted by Crippen LogP contribution is 2.37. The number of fused-ring (bicyclic) bond motifs is 2. The monoisotopic (exact) mass is 437 g/mol. The molecule has 164 valence electrons. The summed E-state index contributed by atoms with van der Waals surface area (Å²) >= 11 is -0.403. The minimum absolute atomic E-state index is 0.198. The third-order valence-corrected chi connectivity index (χ3v) is 8.73. The first kappa shape index (κ1) is 23.1. The normalized spacial score (nSPS) is 11.8. The molecular weight excluding hydrogens is 401 g/mol.